The predicted octanol–water partition coefficient (Wildman–Crippen LogP) is 4.45. The number of ether oxygens (including phenoxy) is 1. The Morgan fingerprint density at radius 1 is 1.00 bits per heavy atom. The standard InChI is InChI=1S/C26H24N6O2/c1-18-5-2-3-7-24(18)34-25-15-27-14-23(31-25)20-6-4-10-32(16-20)26(33)19-8-9-22(30-13-19)21-11-28-17-29-12-21/h2-3,5,7-9,11-15,17,20H,4,6,10,16H2,1H3/t20-/m1/s1. The Labute approximate surface area is 197 Å². The Morgan fingerprint density at radius 3 is 2.65 bits per heavy atom. The molecule has 1 amide bonds. The van der Waals surface area contributed by atoms with Crippen molar-refractivity contribution in [3.05, 3.63) is 90.5 Å². The molecule has 1 atom stereocenters. The molecule has 34 heavy (non-hydrogen) atoms. The van der Waals surface area contributed by atoms with Gasteiger partial charge in [-0.3, -0.25) is 14.8 Å². The third kappa shape index (κ3) is 4.76. The first-order valence-electron chi connectivity index (χ1n) is 11.2. The molecule has 1 fully saturated rings. The van der Waals surface area contributed by atoms with E-state index < -0.39 is 0 Å². The van der Waals surface area contributed by atoms with Crippen molar-refractivity contribution >= 4 is 5.91 Å². The summed E-state index contributed by atoms with van der Waals surface area (Å²) in [6.07, 6.45) is 11.7. The van der Waals surface area contributed by atoms with Gasteiger partial charge in [-0.25, -0.2) is 15.0 Å². The molecule has 0 aliphatic carbocycles. The number of hydrogen-bond donors (Lipinski definition) is 0. The van der Waals surface area contributed by atoms with Crippen molar-refractivity contribution in [1.29, 1.82) is 0 Å². The zero-order valence-corrected chi connectivity index (χ0v) is 18.8. The SMILES string of the molecule is Cc1ccccc1Oc1cncc([C@@H]2CCCN(C(=O)c3ccc(-c4cncnc4)nc3)C2)n1. The van der Waals surface area contributed by atoms with Gasteiger partial charge in [-0.1, -0.05) is 18.2 Å². The molecule has 4 heterocycles. The quantitative estimate of drug-likeness (QED) is 0.442. The number of pyridine rings is 1. The number of carbonyl (C=O) groups is 1. The van der Waals surface area contributed by atoms with Crippen LogP contribution in [0, 0.1) is 6.92 Å². The van der Waals surface area contributed by atoms with Crippen LogP contribution in [0.15, 0.2) is 73.7 Å². The van der Waals surface area contributed by atoms with Crippen molar-refractivity contribution in [3.8, 4) is 22.9 Å². The van der Waals surface area contributed by atoms with Gasteiger partial charge < -0.3 is 9.64 Å². The molecule has 8 heteroatoms. The number of carbonyl (C=O) groups excluding carboxylic acids is 1. The summed E-state index contributed by atoms with van der Waals surface area (Å²) in [4.78, 5) is 36.5. The first-order valence-corrected chi connectivity index (χ1v) is 11.2. The number of piperidine rings is 1. The van der Waals surface area contributed by atoms with Crippen molar-refractivity contribution in [3.63, 3.8) is 0 Å². The van der Waals surface area contributed by atoms with E-state index in [-0.39, 0.29) is 11.8 Å². The first kappa shape index (κ1) is 21.6. The maximum absolute atomic E-state index is 13.2. The molecule has 0 radical (unpaired) electrons. The number of nitrogens with zero attached hydrogens (tertiary/aromatic N) is 6. The summed E-state index contributed by atoms with van der Waals surface area (Å²) in [6.45, 7) is 3.28. The Balaban J connectivity index is 1.28. The largest absolute Gasteiger partial charge is 0.437 e. The van der Waals surface area contributed by atoms with Crippen LogP contribution < -0.4 is 4.74 Å². The average Bonchev–Trinajstić information content (AvgIpc) is 2.90. The van der Waals surface area contributed by atoms with E-state index in [2.05, 4.69) is 19.9 Å². The van der Waals surface area contributed by atoms with E-state index >= 15 is 0 Å². The van der Waals surface area contributed by atoms with Crippen molar-refractivity contribution in [2.24, 2.45) is 0 Å². The lowest BCUT2D eigenvalue weighted by molar-refractivity contribution is 0.0705. The van der Waals surface area contributed by atoms with Gasteiger partial charge in [0, 0.05) is 49.4 Å². The third-order valence-electron chi connectivity index (χ3n) is 5.93. The van der Waals surface area contributed by atoms with Crippen LogP contribution in [0.5, 0.6) is 11.6 Å². The second-order valence-corrected chi connectivity index (χ2v) is 8.30. The number of benzene rings is 1. The van der Waals surface area contributed by atoms with Crippen LogP contribution >= 0.6 is 0 Å². The van der Waals surface area contributed by atoms with Gasteiger partial charge >= 0.3 is 0 Å². The van der Waals surface area contributed by atoms with Crippen LogP contribution in [0.2, 0.25) is 0 Å². The lowest BCUT2D eigenvalue weighted by Gasteiger charge is -2.32. The first-order chi connectivity index (χ1) is 16.7. The van der Waals surface area contributed by atoms with Crippen molar-refractivity contribution in [2.75, 3.05) is 13.1 Å². The molecule has 0 N–H and O–H groups in total. The van der Waals surface area contributed by atoms with Crippen molar-refractivity contribution < 1.29 is 9.53 Å². The Bertz CT molecular complexity index is 1280. The molecule has 5 rings (SSSR count). The van der Waals surface area contributed by atoms with Crippen molar-refractivity contribution in [2.45, 2.75) is 25.7 Å². The normalized spacial score (nSPS) is 15.7. The number of hydrogen-bond acceptors (Lipinski definition) is 7. The molecule has 1 aromatic carbocycles. The van der Waals surface area contributed by atoms with E-state index in [0.29, 0.717) is 24.5 Å². The molecule has 1 saturated heterocycles. The number of likely N-dealkylation sites (tertiary alicyclic amines) is 1. The van der Waals surface area contributed by atoms with E-state index in [1.807, 2.05) is 42.2 Å². The van der Waals surface area contributed by atoms with Gasteiger partial charge in [0.05, 0.1) is 23.1 Å². The highest BCUT2D eigenvalue weighted by Crippen LogP contribution is 2.29. The summed E-state index contributed by atoms with van der Waals surface area (Å²) in [6, 6.07) is 11.4. The predicted molar refractivity (Wildman–Crippen MR) is 126 cm³/mol. The lowest BCUT2D eigenvalue weighted by atomic mass is 9.94. The summed E-state index contributed by atoms with van der Waals surface area (Å²) in [5.74, 6) is 1.28. The van der Waals surface area contributed by atoms with Gasteiger partial charge in [0.2, 0.25) is 5.88 Å². The van der Waals surface area contributed by atoms with E-state index in [1.54, 1.807) is 37.1 Å². The summed E-state index contributed by atoms with van der Waals surface area (Å²) in [7, 11) is 0. The molecule has 1 aliphatic heterocycles. The van der Waals surface area contributed by atoms with E-state index in [4.69, 9.17) is 9.72 Å². The molecule has 0 spiro atoms. The summed E-state index contributed by atoms with van der Waals surface area (Å²) < 4.78 is 5.96. The van der Waals surface area contributed by atoms with Gasteiger partial charge in [-0.15, -0.1) is 0 Å². The van der Waals surface area contributed by atoms with Gasteiger partial charge in [-0.2, -0.15) is 0 Å². The van der Waals surface area contributed by atoms with Gasteiger partial charge in [0.15, 0.2) is 0 Å². The highest BCUT2D eigenvalue weighted by atomic mass is 16.5. The van der Waals surface area contributed by atoms with Crippen LogP contribution in [-0.4, -0.2) is 48.8 Å². The van der Waals surface area contributed by atoms with Crippen LogP contribution in [0.4, 0.5) is 0 Å². The lowest BCUT2D eigenvalue weighted by Crippen LogP contribution is -2.39. The zero-order valence-electron chi connectivity index (χ0n) is 18.8. The van der Waals surface area contributed by atoms with E-state index in [1.165, 1.54) is 6.33 Å². The Hall–Kier alpha value is -4.20. The third-order valence-corrected chi connectivity index (χ3v) is 5.93. The summed E-state index contributed by atoms with van der Waals surface area (Å²) >= 11 is 0. The highest BCUT2D eigenvalue weighted by Gasteiger charge is 2.27. The molecular weight excluding hydrogens is 428 g/mol. The van der Waals surface area contributed by atoms with E-state index in [0.717, 1.165) is 41.1 Å². The Kier molecular flexibility index (Phi) is 6.20. The van der Waals surface area contributed by atoms with E-state index in [9.17, 15) is 4.79 Å². The minimum absolute atomic E-state index is 0.0339. The maximum Gasteiger partial charge on any atom is 0.255 e. The average molecular weight is 453 g/mol. The number of amides is 1. The molecule has 4 aromatic rings. The fourth-order valence-electron chi connectivity index (χ4n) is 4.10. The second-order valence-electron chi connectivity index (χ2n) is 8.30. The molecule has 0 bridgehead atoms. The number of aryl methyl sites for hydroxylation is 1. The van der Waals surface area contributed by atoms with Crippen LogP contribution in [0.1, 0.15) is 40.4 Å². The topological polar surface area (TPSA) is 94.0 Å². The minimum atomic E-state index is -0.0339. The maximum atomic E-state index is 13.2. The monoisotopic (exact) mass is 452 g/mol. The minimum Gasteiger partial charge on any atom is -0.437 e. The summed E-state index contributed by atoms with van der Waals surface area (Å²) in [5.41, 5.74) is 3.97. The van der Waals surface area contributed by atoms with Gasteiger partial charge in [-0.05, 0) is 43.5 Å². The Morgan fingerprint density at radius 2 is 1.85 bits per heavy atom. The smallest absolute Gasteiger partial charge is 0.255 e. The second kappa shape index (κ2) is 9.74. The van der Waals surface area contributed by atoms with Gasteiger partial charge in [0.1, 0.15) is 12.1 Å². The number of rotatable bonds is 5. The highest BCUT2D eigenvalue weighted by molar-refractivity contribution is 5.94. The fraction of sp³-hybridized carbons (Fsp3) is 0.231. The van der Waals surface area contributed by atoms with Crippen LogP contribution in [-0.2, 0) is 0 Å². The van der Waals surface area contributed by atoms with Crippen LogP contribution in [0.25, 0.3) is 11.3 Å². The molecule has 8 nitrogen and oxygen atoms in total. The molecule has 0 unspecified atom stereocenters. The molecule has 0 saturated carbocycles. The molecule has 170 valence electrons. The molecule has 1 aliphatic rings. The number of para-hydroxylation sites is 1. The zero-order chi connectivity index (χ0) is 23.3. The van der Waals surface area contributed by atoms with Crippen LogP contribution in [0.3, 0.4) is 0 Å². The molecule has 3 aromatic heterocycles. The fourth-order valence-corrected chi connectivity index (χ4v) is 4.10. The van der Waals surface area contributed by atoms with Gasteiger partial charge in [0.25, 0.3) is 5.91 Å². The van der Waals surface area contributed by atoms with Crippen molar-refractivity contribution in [1.82, 2.24) is 29.8 Å². The molecular formula is C26H24N6O2. The number of aromatic nitrogens is 5. The summed E-state index contributed by atoms with van der Waals surface area (Å²) in [5, 5.41) is 0.